The van der Waals surface area contributed by atoms with Gasteiger partial charge in [0.15, 0.2) is 0 Å². The zero-order valence-corrected chi connectivity index (χ0v) is 13.3. The molecule has 0 saturated carbocycles. The SMILES string of the molecule is C[CH]CCCCCCCCCCCCCC(C)C. The molecule has 0 aliphatic rings. The second-order valence-electron chi connectivity index (χ2n) is 6.27. The van der Waals surface area contributed by atoms with Gasteiger partial charge >= 0.3 is 0 Å². The van der Waals surface area contributed by atoms with Gasteiger partial charge in [0.2, 0.25) is 0 Å². The summed E-state index contributed by atoms with van der Waals surface area (Å²) >= 11 is 0. The summed E-state index contributed by atoms with van der Waals surface area (Å²) in [4.78, 5) is 0. The van der Waals surface area contributed by atoms with E-state index in [1.165, 1.54) is 83.5 Å². The molecule has 1 radical (unpaired) electrons. The second-order valence-corrected chi connectivity index (χ2v) is 6.27. The van der Waals surface area contributed by atoms with E-state index in [1.807, 2.05) is 0 Å². The van der Waals surface area contributed by atoms with Crippen molar-refractivity contribution in [2.75, 3.05) is 0 Å². The van der Waals surface area contributed by atoms with Crippen LogP contribution in [0.25, 0.3) is 0 Å². The second kappa shape index (κ2) is 15.1. The minimum absolute atomic E-state index is 0.898. The van der Waals surface area contributed by atoms with E-state index in [9.17, 15) is 0 Å². The van der Waals surface area contributed by atoms with Gasteiger partial charge in [-0.1, -0.05) is 104 Å². The molecule has 0 spiro atoms. The van der Waals surface area contributed by atoms with Crippen LogP contribution in [0.15, 0.2) is 0 Å². The van der Waals surface area contributed by atoms with E-state index in [-0.39, 0.29) is 0 Å². The molecule has 0 amide bonds. The van der Waals surface area contributed by atoms with E-state index < -0.39 is 0 Å². The number of rotatable bonds is 14. The van der Waals surface area contributed by atoms with E-state index >= 15 is 0 Å². The first-order chi connectivity index (χ1) is 8.77. The molecule has 0 aliphatic carbocycles. The maximum absolute atomic E-state index is 2.33. The zero-order valence-electron chi connectivity index (χ0n) is 13.3. The lowest BCUT2D eigenvalue weighted by molar-refractivity contribution is 0.504. The van der Waals surface area contributed by atoms with Crippen LogP contribution < -0.4 is 0 Å². The highest BCUT2D eigenvalue weighted by atomic mass is 14.0. The van der Waals surface area contributed by atoms with Crippen molar-refractivity contribution in [3.8, 4) is 0 Å². The summed E-state index contributed by atoms with van der Waals surface area (Å²) in [6.07, 6.45) is 21.1. The highest BCUT2D eigenvalue weighted by Gasteiger charge is 1.95. The summed E-state index contributed by atoms with van der Waals surface area (Å²) in [6.45, 7) is 6.83. The molecule has 0 heteroatoms. The predicted molar refractivity (Wildman–Crippen MR) is 84.8 cm³/mol. The van der Waals surface area contributed by atoms with Gasteiger partial charge in [-0.2, -0.15) is 0 Å². The molecule has 0 atom stereocenters. The lowest BCUT2D eigenvalue weighted by atomic mass is 10.0. The average Bonchev–Trinajstić information content (AvgIpc) is 2.34. The standard InChI is InChI=1S/C18H37/c1-4-5-6-7-8-9-10-11-12-13-14-15-16-17-18(2)3/h4,18H,5-17H2,1-3H3. The maximum atomic E-state index is 2.33. The third-order valence-corrected chi connectivity index (χ3v) is 3.77. The van der Waals surface area contributed by atoms with Gasteiger partial charge in [0.1, 0.15) is 0 Å². The quantitative estimate of drug-likeness (QED) is 0.294. The fraction of sp³-hybridized carbons (Fsp3) is 0.944. The van der Waals surface area contributed by atoms with Crippen molar-refractivity contribution < 1.29 is 0 Å². The Balaban J connectivity index is 2.90. The fourth-order valence-corrected chi connectivity index (χ4v) is 2.49. The third-order valence-electron chi connectivity index (χ3n) is 3.77. The molecule has 0 N–H and O–H groups in total. The molecule has 0 nitrogen and oxygen atoms in total. The Morgan fingerprint density at radius 2 is 1.00 bits per heavy atom. The fourth-order valence-electron chi connectivity index (χ4n) is 2.49. The van der Waals surface area contributed by atoms with Crippen LogP contribution in [-0.4, -0.2) is 0 Å². The number of hydrogen-bond donors (Lipinski definition) is 0. The predicted octanol–water partition coefficient (Wildman–Crippen LogP) is 6.94. The van der Waals surface area contributed by atoms with E-state index in [1.54, 1.807) is 0 Å². The summed E-state index contributed by atoms with van der Waals surface area (Å²) in [5, 5.41) is 0. The molecule has 0 aromatic carbocycles. The molecule has 0 aromatic rings. The molecule has 0 bridgehead atoms. The molecule has 0 saturated heterocycles. The monoisotopic (exact) mass is 253 g/mol. The van der Waals surface area contributed by atoms with Gasteiger partial charge in [-0.25, -0.2) is 0 Å². The zero-order chi connectivity index (χ0) is 13.5. The summed E-state index contributed by atoms with van der Waals surface area (Å²) < 4.78 is 0. The molecular formula is C18H37. The van der Waals surface area contributed by atoms with E-state index in [2.05, 4.69) is 27.2 Å². The molecule has 0 fully saturated rings. The van der Waals surface area contributed by atoms with Gasteiger partial charge in [-0.3, -0.25) is 0 Å². The van der Waals surface area contributed by atoms with Gasteiger partial charge in [0, 0.05) is 0 Å². The van der Waals surface area contributed by atoms with Gasteiger partial charge in [-0.15, -0.1) is 0 Å². The van der Waals surface area contributed by atoms with Crippen LogP contribution in [0.3, 0.4) is 0 Å². The highest BCUT2D eigenvalue weighted by Crippen LogP contribution is 2.14. The summed E-state index contributed by atoms with van der Waals surface area (Å²) in [5.74, 6) is 0.898. The largest absolute Gasteiger partial charge is 0.0628 e. The molecule has 18 heavy (non-hydrogen) atoms. The number of unbranched alkanes of at least 4 members (excludes halogenated alkanes) is 12. The molecular weight excluding hydrogens is 216 g/mol. The average molecular weight is 253 g/mol. The Labute approximate surface area is 117 Å². The molecule has 0 aliphatic heterocycles. The van der Waals surface area contributed by atoms with Crippen LogP contribution in [0.4, 0.5) is 0 Å². The van der Waals surface area contributed by atoms with Crippen LogP contribution in [0.2, 0.25) is 0 Å². The first-order valence-electron chi connectivity index (χ1n) is 8.55. The van der Waals surface area contributed by atoms with Crippen molar-refractivity contribution in [1.29, 1.82) is 0 Å². The molecule has 0 heterocycles. The van der Waals surface area contributed by atoms with Crippen LogP contribution in [0, 0.1) is 12.3 Å². The number of hydrogen-bond acceptors (Lipinski definition) is 0. The van der Waals surface area contributed by atoms with Crippen molar-refractivity contribution in [3.63, 3.8) is 0 Å². The lowest BCUT2D eigenvalue weighted by Crippen LogP contribution is -1.87. The van der Waals surface area contributed by atoms with Crippen molar-refractivity contribution in [2.45, 2.75) is 104 Å². The minimum atomic E-state index is 0.898. The molecule has 0 aromatic heterocycles. The highest BCUT2D eigenvalue weighted by molar-refractivity contribution is 4.55. The van der Waals surface area contributed by atoms with Crippen LogP contribution >= 0.6 is 0 Å². The van der Waals surface area contributed by atoms with Crippen molar-refractivity contribution in [2.24, 2.45) is 5.92 Å². The third kappa shape index (κ3) is 16.0. The van der Waals surface area contributed by atoms with Gasteiger partial charge in [0.05, 0.1) is 0 Å². The van der Waals surface area contributed by atoms with Crippen molar-refractivity contribution >= 4 is 0 Å². The van der Waals surface area contributed by atoms with Gasteiger partial charge in [0.25, 0.3) is 0 Å². The lowest BCUT2D eigenvalue weighted by Gasteiger charge is -2.04. The van der Waals surface area contributed by atoms with Crippen LogP contribution in [0.5, 0.6) is 0 Å². The minimum Gasteiger partial charge on any atom is -0.0628 e. The van der Waals surface area contributed by atoms with E-state index in [0.717, 1.165) is 5.92 Å². The van der Waals surface area contributed by atoms with Crippen molar-refractivity contribution in [1.82, 2.24) is 0 Å². The Morgan fingerprint density at radius 1 is 0.611 bits per heavy atom. The summed E-state index contributed by atoms with van der Waals surface area (Å²) in [5.41, 5.74) is 0. The van der Waals surface area contributed by atoms with Gasteiger partial charge < -0.3 is 0 Å². The van der Waals surface area contributed by atoms with E-state index in [0.29, 0.717) is 0 Å². The molecule has 0 rings (SSSR count). The Kier molecular flexibility index (Phi) is 15.1. The Morgan fingerprint density at radius 3 is 1.39 bits per heavy atom. The Hall–Kier alpha value is 0. The van der Waals surface area contributed by atoms with Gasteiger partial charge in [-0.05, 0) is 12.3 Å². The summed E-state index contributed by atoms with van der Waals surface area (Å²) in [7, 11) is 0. The molecule has 109 valence electrons. The topological polar surface area (TPSA) is 0 Å². The maximum Gasteiger partial charge on any atom is -0.0417 e. The molecule has 0 unspecified atom stereocenters. The normalized spacial score (nSPS) is 11.3. The van der Waals surface area contributed by atoms with Crippen molar-refractivity contribution in [3.05, 3.63) is 6.42 Å². The smallest absolute Gasteiger partial charge is 0.0417 e. The summed E-state index contributed by atoms with van der Waals surface area (Å²) in [6, 6.07) is 0. The first-order valence-corrected chi connectivity index (χ1v) is 8.55. The van der Waals surface area contributed by atoms with Crippen LogP contribution in [0.1, 0.15) is 104 Å². The van der Waals surface area contributed by atoms with E-state index in [4.69, 9.17) is 0 Å². The first kappa shape index (κ1) is 18.0. The van der Waals surface area contributed by atoms with Crippen LogP contribution in [-0.2, 0) is 0 Å². The Bertz CT molecular complexity index is 137.